The molecule has 1 saturated heterocycles. The summed E-state index contributed by atoms with van der Waals surface area (Å²) < 4.78 is 5.96. The van der Waals surface area contributed by atoms with Gasteiger partial charge in [-0.15, -0.1) is 0 Å². The molecule has 2 aliphatic heterocycles. The van der Waals surface area contributed by atoms with Crippen molar-refractivity contribution in [2.45, 2.75) is 38.2 Å². The van der Waals surface area contributed by atoms with E-state index >= 15 is 0 Å². The summed E-state index contributed by atoms with van der Waals surface area (Å²) in [5.41, 5.74) is 1.94. The number of nitrogens with one attached hydrogen (secondary N) is 2. The number of nitrogens with zero attached hydrogens (tertiary/aromatic N) is 2. The van der Waals surface area contributed by atoms with Crippen molar-refractivity contribution in [2.75, 3.05) is 18.4 Å². The third kappa shape index (κ3) is 3.01. The van der Waals surface area contributed by atoms with Gasteiger partial charge in [-0.05, 0) is 56.5 Å². The zero-order valence-electron chi connectivity index (χ0n) is 17.1. The molecule has 3 heterocycles. The Bertz CT molecular complexity index is 1120. The van der Waals surface area contributed by atoms with Crippen molar-refractivity contribution in [3.8, 4) is 5.75 Å². The highest BCUT2D eigenvalue weighted by Crippen LogP contribution is 2.36. The second kappa shape index (κ2) is 6.86. The molecule has 2 aliphatic rings. The minimum Gasteiger partial charge on any atom is -0.466 e. The third-order valence-corrected chi connectivity index (χ3v) is 6.04. The third-order valence-electron chi connectivity index (χ3n) is 6.04. The average Bonchev–Trinajstić information content (AvgIpc) is 3.19. The zero-order valence-corrected chi connectivity index (χ0v) is 17.1. The van der Waals surface area contributed by atoms with Crippen LogP contribution < -0.4 is 10.1 Å². The van der Waals surface area contributed by atoms with E-state index in [1.165, 1.54) is 0 Å². The lowest BCUT2D eigenvalue weighted by atomic mass is 9.94. The van der Waals surface area contributed by atoms with Gasteiger partial charge in [0.2, 0.25) is 0 Å². The Morgan fingerprint density at radius 3 is 2.93 bits per heavy atom. The van der Waals surface area contributed by atoms with Gasteiger partial charge in [-0.3, -0.25) is 9.59 Å². The van der Waals surface area contributed by atoms with Gasteiger partial charge < -0.3 is 19.9 Å². The van der Waals surface area contributed by atoms with Crippen molar-refractivity contribution < 1.29 is 14.3 Å². The van der Waals surface area contributed by atoms with Crippen molar-refractivity contribution in [1.29, 1.82) is 0 Å². The number of rotatable bonds is 2. The van der Waals surface area contributed by atoms with Gasteiger partial charge in [0.05, 0.1) is 16.7 Å². The molecule has 2 N–H and O–H groups in total. The van der Waals surface area contributed by atoms with Crippen molar-refractivity contribution in [1.82, 2.24) is 14.9 Å². The van der Waals surface area contributed by atoms with Gasteiger partial charge in [0.25, 0.3) is 17.4 Å². The maximum absolute atomic E-state index is 13.4. The number of benzene rings is 2. The quantitative estimate of drug-likeness (QED) is 0.641. The number of piperidine rings is 1. The molecule has 2 aromatic carbocycles. The molecular weight excluding hydrogens is 380 g/mol. The Hall–Kier alpha value is -3.35. The first-order valence-corrected chi connectivity index (χ1v) is 10.3. The van der Waals surface area contributed by atoms with Crippen LogP contribution in [0.3, 0.4) is 0 Å². The maximum Gasteiger partial charge on any atom is 0.278 e. The van der Waals surface area contributed by atoms with Crippen LogP contribution in [0.2, 0.25) is 0 Å². The molecule has 7 heteroatoms. The fourth-order valence-electron chi connectivity index (χ4n) is 4.33. The highest BCUT2D eigenvalue weighted by Gasteiger charge is 2.50. The van der Waals surface area contributed by atoms with Gasteiger partial charge in [0.15, 0.2) is 0 Å². The van der Waals surface area contributed by atoms with Gasteiger partial charge in [-0.25, -0.2) is 4.98 Å². The molecule has 2 atom stereocenters. The predicted molar refractivity (Wildman–Crippen MR) is 113 cm³/mol. The summed E-state index contributed by atoms with van der Waals surface area (Å²) in [5, 5.41) is 2.84. The first kappa shape index (κ1) is 18.7. The summed E-state index contributed by atoms with van der Waals surface area (Å²) in [6.07, 6.45) is 1.79. The molecule has 3 aromatic rings. The van der Waals surface area contributed by atoms with Crippen molar-refractivity contribution >= 4 is 28.5 Å². The van der Waals surface area contributed by atoms with Crippen LogP contribution in [0.5, 0.6) is 5.75 Å². The first-order valence-electron chi connectivity index (χ1n) is 10.3. The second-order valence-electron chi connectivity index (χ2n) is 8.32. The van der Waals surface area contributed by atoms with Gasteiger partial charge in [0, 0.05) is 19.0 Å². The van der Waals surface area contributed by atoms with E-state index in [9.17, 15) is 9.59 Å². The largest absolute Gasteiger partial charge is 0.466 e. The molecule has 0 aliphatic carbocycles. The van der Waals surface area contributed by atoms with Crippen LogP contribution in [0.4, 0.5) is 5.69 Å². The van der Waals surface area contributed by atoms with E-state index in [-0.39, 0.29) is 11.8 Å². The molecule has 0 saturated carbocycles. The molecule has 1 aromatic heterocycles. The molecule has 0 bridgehead atoms. The topological polar surface area (TPSA) is 87.3 Å². The van der Waals surface area contributed by atoms with Crippen LogP contribution in [0, 0.1) is 6.92 Å². The standard InChI is InChI=1S/C23H24N4O3/c1-14-9-10-19-18(12-14)26-21(28)23(2,30-19)22(29)27-11-5-6-15(13-27)20-24-16-7-3-4-8-17(16)25-20/h3-4,7-10,12,15H,5-6,11,13H2,1-2H3,(H,24,25)(H,26,28). The summed E-state index contributed by atoms with van der Waals surface area (Å²) in [6.45, 7) is 4.60. The fraction of sp³-hybridized carbons (Fsp3) is 0.348. The number of carbonyl (C=O) groups is 2. The predicted octanol–water partition coefficient (Wildman–Crippen LogP) is 3.37. The first-order chi connectivity index (χ1) is 14.4. The summed E-state index contributed by atoms with van der Waals surface area (Å²) in [4.78, 5) is 36.1. The van der Waals surface area contributed by atoms with Gasteiger partial charge in [-0.1, -0.05) is 18.2 Å². The van der Waals surface area contributed by atoms with Crippen LogP contribution >= 0.6 is 0 Å². The molecule has 1 fully saturated rings. The molecule has 2 amide bonds. The molecule has 0 radical (unpaired) electrons. The molecule has 7 nitrogen and oxygen atoms in total. The number of likely N-dealkylation sites (tertiary alicyclic amines) is 1. The number of imidazole rings is 1. The lowest BCUT2D eigenvalue weighted by molar-refractivity contribution is -0.155. The van der Waals surface area contributed by atoms with Crippen LogP contribution in [0.15, 0.2) is 42.5 Å². The van der Waals surface area contributed by atoms with E-state index < -0.39 is 11.5 Å². The Labute approximate surface area is 174 Å². The van der Waals surface area contributed by atoms with Gasteiger partial charge in [-0.2, -0.15) is 0 Å². The molecule has 5 rings (SSSR count). The van der Waals surface area contributed by atoms with E-state index in [0.717, 1.165) is 35.3 Å². The zero-order chi connectivity index (χ0) is 20.9. The molecule has 154 valence electrons. The monoisotopic (exact) mass is 404 g/mol. The summed E-state index contributed by atoms with van der Waals surface area (Å²) >= 11 is 0. The lowest BCUT2D eigenvalue weighted by Gasteiger charge is -2.39. The summed E-state index contributed by atoms with van der Waals surface area (Å²) in [5.74, 6) is 0.749. The Morgan fingerprint density at radius 1 is 1.27 bits per heavy atom. The maximum atomic E-state index is 13.4. The number of aromatic amines is 1. The van der Waals surface area contributed by atoms with Crippen molar-refractivity contribution in [3.05, 3.63) is 53.9 Å². The lowest BCUT2D eigenvalue weighted by Crippen LogP contribution is -2.60. The van der Waals surface area contributed by atoms with Crippen LogP contribution in [0.1, 0.15) is 37.1 Å². The van der Waals surface area contributed by atoms with Crippen LogP contribution in [-0.4, -0.2) is 45.4 Å². The number of fused-ring (bicyclic) bond motifs is 2. The fourth-order valence-corrected chi connectivity index (χ4v) is 4.33. The molecular formula is C23H24N4O3. The number of hydrogen-bond acceptors (Lipinski definition) is 4. The minimum absolute atomic E-state index is 0.0975. The SMILES string of the molecule is Cc1ccc2c(c1)NC(=O)C(C)(C(=O)N1CCCC(c3nc4ccccc4[nH]3)C1)O2. The van der Waals surface area contributed by atoms with Gasteiger partial charge >= 0.3 is 0 Å². The number of hydrogen-bond donors (Lipinski definition) is 2. The van der Waals surface area contributed by atoms with Crippen LogP contribution in [-0.2, 0) is 9.59 Å². The number of aromatic nitrogens is 2. The Morgan fingerprint density at radius 2 is 2.10 bits per heavy atom. The smallest absolute Gasteiger partial charge is 0.278 e. The molecule has 2 unspecified atom stereocenters. The highest BCUT2D eigenvalue weighted by atomic mass is 16.5. The van der Waals surface area contributed by atoms with E-state index in [1.807, 2.05) is 43.3 Å². The van der Waals surface area contributed by atoms with E-state index in [4.69, 9.17) is 9.72 Å². The number of ether oxygens (including phenoxy) is 1. The minimum atomic E-state index is -1.59. The number of anilines is 1. The number of para-hydroxylation sites is 2. The highest BCUT2D eigenvalue weighted by molar-refractivity contribution is 6.15. The summed E-state index contributed by atoms with van der Waals surface area (Å²) in [6, 6.07) is 13.4. The van der Waals surface area contributed by atoms with E-state index in [1.54, 1.807) is 17.9 Å². The Kier molecular flexibility index (Phi) is 4.27. The van der Waals surface area contributed by atoms with Crippen molar-refractivity contribution in [3.63, 3.8) is 0 Å². The van der Waals surface area contributed by atoms with Crippen molar-refractivity contribution in [2.24, 2.45) is 0 Å². The number of aryl methyl sites for hydroxylation is 1. The van der Waals surface area contributed by atoms with Gasteiger partial charge in [0.1, 0.15) is 11.6 Å². The number of H-pyrrole nitrogens is 1. The number of amides is 2. The normalized spacial score (nSPS) is 23.6. The molecule has 30 heavy (non-hydrogen) atoms. The Balaban J connectivity index is 1.38. The second-order valence-corrected chi connectivity index (χ2v) is 8.32. The van der Waals surface area contributed by atoms with E-state index in [2.05, 4.69) is 10.3 Å². The summed E-state index contributed by atoms with van der Waals surface area (Å²) in [7, 11) is 0. The van der Waals surface area contributed by atoms with E-state index in [0.29, 0.717) is 24.5 Å². The number of carbonyl (C=O) groups excluding carboxylic acids is 2. The van der Waals surface area contributed by atoms with Crippen LogP contribution in [0.25, 0.3) is 11.0 Å². The average molecular weight is 404 g/mol. The molecule has 0 spiro atoms.